The lowest BCUT2D eigenvalue weighted by Gasteiger charge is -2.26. The smallest absolute Gasteiger partial charge is 0.380 e. The van der Waals surface area contributed by atoms with Gasteiger partial charge < -0.3 is 13.9 Å². The van der Waals surface area contributed by atoms with Crippen LogP contribution in [0.25, 0.3) is 22.1 Å². The van der Waals surface area contributed by atoms with Crippen LogP contribution in [0.4, 0.5) is 0 Å². The fourth-order valence-corrected chi connectivity index (χ4v) is 4.45. The van der Waals surface area contributed by atoms with Crippen LogP contribution < -0.4 is 15.1 Å². The van der Waals surface area contributed by atoms with Gasteiger partial charge in [-0.2, -0.15) is 0 Å². The van der Waals surface area contributed by atoms with E-state index in [0.29, 0.717) is 28.5 Å². The molecule has 6 heteroatoms. The molecule has 0 bridgehead atoms. The van der Waals surface area contributed by atoms with Gasteiger partial charge in [-0.3, -0.25) is 4.90 Å². The van der Waals surface area contributed by atoms with E-state index in [2.05, 4.69) is 4.90 Å². The molecular weight excluding hydrogens is 450 g/mol. The maximum absolute atomic E-state index is 12.9. The number of piperidine rings is 1. The Balaban J connectivity index is 1.43. The Labute approximate surface area is 203 Å². The van der Waals surface area contributed by atoms with Crippen molar-refractivity contribution in [1.82, 2.24) is 4.90 Å². The third kappa shape index (κ3) is 5.11. The van der Waals surface area contributed by atoms with Crippen LogP contribution in [0.5, 0.6) is 17.2 Å². The number of likely N-dealkylation sites (tertiary alicyclic amines) is 1. The second-order valence-corrected chi connectivity index (χ2v) is 8.86. The minimum absolute atomic E-state index is 0.139. The lowest BCUT2D eigenvalue weighted by Crippen LogP contribution is -2.33. The Kier molecular flexibility index (Phi) is 6.84. The topological polar surface area (TPSA) is 51.9 Å². The van der Waals surface area contributed by atoms with E-state index < -0.39 is 5.63 Å². The first-order valence-electron chi connectivity index (χ1n) is 11.6. The van der Waals surface area contributed by atoms with Gasteiger partial charge in [0.25, 0.3) is 0 Å². The number of para-hydroxylation sites is 1. The molecule has 3 aromatic carbocycles. The molecule has 0 aliphatic carbocycles. The van der Waals surface area contributed by atoms with Gasteiger partial charge in [-0.25, -0.2) is 4.79 Å². The van der Waals surface area contributed by atoms with Gasteiger partial charge in [0.05, 0.1) is 0 Å². The van der Waals surface area contributed by atoms with E-state index in [9.17, 15) is 4.79 Å². The maximum atomic E-state index is 12.9. The van der Waals surface area contributed by atoms with Crippen LogP contribution in [0.1, 0.15) is 19.3 Å². The van der Waals surface area contributed by atoms with Crippen molar-refractivity contribution in [3.63, 3.8) is 0 Å². The van der Waals surface area contributed by atoms with Crippen LogP contribution in [0.15, 0.2) is 82.0 Å². The largest absolute Gasteiger partial charge is 0.492 e. The molecule has 0 saturated carbocycles. The van der Waals surface area contributed by atoms with Gasteiger partial charge in [0.15, 0.2) is 0 Å². The molecule has 0 atom stereocenters. The number of hydrogen-bond acceptors (Lipinski definition) is 5. The van der Waals surface area contributed by atoms with Crippen molar-refractivity contribution in [3.8, 4) is 28.4 Å². The molecule has 5 rings (SSSR count). The van der Waals surface area contributed by atoms with Gasteiger partial charge in [0, 0.05) is 22.5 Å². The summed E-state index contributed by atoms with van der Waals surface area (Å²) in [5.74, 6) is 1.44. The summed E-state index contributed by atoms with van der Waals surface area (Å²) < 4.78 is 17.6. The zero-order valence-corrected chi connectivity index (χ0v) is 19.6. The van der Waals surface area contributed by atoms with Gasteiger partial charge >= 0.3 is 5.63 Å². The van der Waals surface area contributed by atoms with Gasteiger partial charge in [0.2, 0.25) is 5.75 Å². The van der Waals surface area contributed by atoms with Gasteiger partial charge in [-0.15, -0.1) is 0 Å². The molecule has 5 nitrogen and oxygen atoms in total. The zero-order chi connectivity index (χ0) is 23.3. The van der Waals surface area contributed by atoms with Crippen LogP contribution in [-0.2, 0) is 0 Å². The molecule has 0 radical (unpaired) electrons. The highest BCUT2D eigenvalue weighted by molar-refractivity contribution is 6.30. The quantitative estimate of drug-likeness (QED) is 0.276. The third-order valence-electron chi connectivity index (χ3n) is 6.07. The molecule has 1 fully saturated rings. The molecule has 0 unspecified atom stereocenters. The summed E-state index contributed by atoms with van der Waals surface area (Å²) in [7, 11) is 0. The summed E-state index contributed by atoms with van der Waals surface area (Å²) in [5, 5.41) is 1.39. The van der Waals surface area contributed by atoms with Crippen molar-refractivity contribution in [2.75, 3.05) is 26.2 Å². The number of rotatable bonds is 7. The number of ether oxygens (including phenoxy) is 2. The Bertz CT molecular complexity index is 1310. The average Bonchev–Trinajstić information content (AvgIpc) is 2.87. The Morgan fingerprint density at radius 1 is 0.853 bits per heavy atom. The zero-order valence-electron chi connectivity index (χ0n) is 18.8. The van der Waals surface area contributed by atoms with E-state index in [4.69, 9.17) is 25.5 Å². The van der Waals surface area contributed by atoms with Crippen molar-refractivity contribution < 1.29 is 13.9 Å². The minimum atomic E-state index is -0.537. The van der Waals surface area contributed by atoms with Crippen LogP contribution in [0, 0.1) is 0 Å². The highest BCUT2D eigenvalue weighted by atomic mass is 35.5. The van der Waals surface area contributed by atoms with Crippen molar-refractivity contribution in [1.29, 1.82) is 0 Å². The number of halogens is 1. The van der Waals surface area contributed by atoms with Gasteiger partial charge in [0.1, 0.15) is 23.7 Å². The van der Waals surface area contributed by atoms with Crippen LogP contribution in [-0.4, -0.2) is 31.1 Å². The second kappa shape index (κ2) is 10.3. The standard InChI is InChI=1S/C28H26ClNO4/c29-21-10-14-23(15-11-21)33-27-26(24-6-2-3-7-25(24)34-28(27)31)20-8-12-22(13-9-20)32-19-18-30-16-4-1-5-17-30/h2-3,6-15H,1,4-5,16-19H2. The summed E-state index contributed by atoms with van der Waals surface area (Å²) in [6.45, 7) is 3.90. The second-order valence-electron chi connectivity index (χ2n) is 8.42. The summed E-state index contributed by atoms with van der Waals surface area (Å²) in [6.07, 6.45) is 3.87. The Morgan fingerprint density at radius 3 is 2.32 bits per heavy atom. The van der Waals surface area contributed by atoms with E-state index in [1.54, 1.807) is 30.3 Å². The van der Waals surface area contributed by atoms with Crippen LogP contribution >= 0.6 is 11.6 Å². The van der Waals surface area contributed by atoms with Crippen LogP contribution in [0.2, 0.25) is 5.02 Å². The van der Waals surface area contributed by atoms with E-state index in [-0.39, 0.29) is 5.75 Å². The number of nitrogens with zero attached hydrogens (tertiary/aromatic N) is 1. The Morgan fingerprint density at radius 2 is 1.56 bits per heavy atom. The molecule has 0 N–H and O–H groups in total. The van der Waals surface area contributed by atoms with E-state index in [0.717, 1.165) is 36.3 Å². The number of benzene rings is 3. The SMILES string of the molecule is O=c1oc2ccccc2c(-c2ccc(OCCN3CCCCC3)cc2)c1Oc1ccc(Cl)cc1. The first kappa shape index (κ1) is 22.5. The lowest BCUT2D eigenvalue weighted by atomic mass is 10.0. The molecule has 0 spiro atoms. The Hall–Kier alpha value is -3.28. The van der Waals surface area contributed by atoms with Crippen molar-refractivity contribution >= 4 is 22.6 Å². The molecule has 4 aromatic rings. The van der Waals surface area contributed by atoms with Gasteiger partial charge in [-0.1, -0.05) is 48.4 Å². The van der Waals surface area contributed by atoms with Gasteiger partial charge in [-0.05, 0) is 74.0 Å². The lowest BCUT2D eigenvalue weighted by molar-refractivity contribution is 0.183. The molecular formula is C28H26ClNO4. The number of hydrogen-bond donors (Lipinski definition) is 0. The highest BCUT2D eigenvalue weighted by Crippen LogP contribution is 2.37. The number of fused-ring (bicyclic) bond motifs is 1. The van der Waals surface area contributed by atoms with Crippen molar-refractivity contribution in [2.45, 2.75) is 19.3 Å². The highest BCUT2D eigenvalue weighted by Gasteiger charge is 2.19. The average molecular weight is 476 g/mol. The summed E-state index contributed by atoms with van der Waals surface area (Å²) >= 11 is 6.00. The molecule has 1 aliphatic heterocycles. The molecule has 1 aliphatic rings. The fraction of sp³-hybridized carbons (Fsp3) is 0.250. The van der Waals surface area contributed by atoms with E-state index in [1.165, 1.54) is 19.3 Å². The fourth-order valence-electron chi connectivity index (χ4n) is 4.33. The molecule has 2 heterocycles. The summed E-state index contributed by atoms with van der Waals surface area (Å²) in [4.78, 5) is 15.4. The molecule has 34 heavy (non-hydrogen) atoms. The summed E-state index contributed by atoms with van der Waals surface area (Å²) in [5.41, 5.74) is 1.50. The minimum Gasteiger partial charge on any atom is -0.492 e. The first-order chi connectivity index (χ1) is 16.7. The molecule has 174 valence electrons. The predicted molar refractivity (Wildman–Crippen MR) is 135 cm³/mol. The van der Waals surface area contributed by atoms with Crippen molar-refractivity contribution in [3.05, 3.63) is 88.2 Å². The first-order valence-corrected chi connectivity index (χ1v) is 12.0. The predicted octanol–water partition coefficient (Wildman–Crippen LogP) is 6.77. The van der Waals surface area contributed by atoms with E-state index >= 15 is 0 Å². The molecule has 1 aromatic heterocycles. The maximum Gasteiger partial charge on any atom is 0.380 e. The van der Waals surface area contributed by atoms with E-state index in [1.807, 2.05) is 42.5 Å². The third-order valence-corrected chi connectivity index (χ3v) is 6.32. The van der Waals surface area contributed by atoms with Crippen LogP contribution in [0.3, 0.4) is 0 Å². The molecule has 0 amide bonds. The monoisotopic (exact) mass is 475 g/mol. The molecule has 1 saturated heterocycles. The normalized spacial score (nSPS) is 14.3. The van der Waals surface area contributed by atoms with Crippen molar-refractivity contribution in [2.24, 2.45) is 0 Å². The summed E-state index contributed by atoms with van der Waals surface area (Å²) in [6, 6.07) is 22.1.